The lowest BCUT2D eigenvalue weighted by Crippen LogP contribution is -2.40. The lowest BCUT2D eigenvalue weighted by molar-refractivity contribution is -0.126. The van der Waals surface area contributed by atoms with Crippen molar-refractivity contribution in [3.8, 4) is 0 Å². The first-order valence-electron chi connectivity index (χ1n) is 5.67. The second-order valence-electron chi connectivity index (χ2n) is 4.06. The Morgan fingerprint density at radius 1 is 1.53 bits per heavy atom. The number of hydrogen-bond donors (Lipinski definition) is 1. The van der Waals surface area contributed by atoms with Crippen molar-refractivity contribution in [3.63, 3.8) is 0 Å². The van der Waals surface area contributed by atoms with Crippen molar-refractivity contribution >= 4 is 5.78 Å². The van der Waals surface area contributed by atoms with Crippen molar-refractivity contribution in [2.45, 2.75) is 38.7 Å². The highest BCUT2D eigenvalue weighted by Crippen LogP contribution is 2.31. The summed E-state index contributed by atoms with van der Waals surface area (Å²) in [5.74, 6) is -0.269. The van der Waals surface area contributed by atoms with Gasteiger partial charge >= 0.3 is 0 Å². The van der Waals surface area contributed by atoms with Crippen LogP contribution in [-0.2, 0) is 9.53 Å². The fraction of sp³-hybridized carbons (Fsp3) is 0.750. The molecule has 3 heteroatoms. The number of rotatable bonds is 6. The van der Waals surface area contributed by atoms with Crippen molar-refractivity contribution in [2.24, 2.45) is 5.92 Å². The molecule has 0 aromatic heterocycles. The van der Waals surface area contributed by atoms with E-state index in [1.807, 2.05) is 6.92 Å². The lowest BCUT2D eigenvalue weighted by atomic mass is 9.86. The normalized spacial score (nSPS) is 30.1. The van der Waals surface area contributed by atoms with Gasteiger partial charge in [-0.1, -0.05) is 19.8 Å². The molecule has 0 unspecified atom stereocenters. The van der Waals surface area contributed by atoms with E-state index in [0.717, 1.165) is 19.3 Å². The van der Waals surface area contributed by atoms with Gasteiger partial charge in [0.1, 0.15) is 5.60 Å². The molecule has 3 nitrogen and oxygen atoms in total. The third-order valence-corrected chi connectivity index (χ3v) is 2.87. The Morgan fingerprint density at radius 2 is 2.27 bits per heavy atom. The summed E-state index contributed by atoms with van der Waals surface area (Å²) in [7, 11) is 0. The van der Waals surface area contributed by atoms with Crippen molar-refractivity contribution in [2.75, 3.05) is 13.2 Å². The van der Waals surface area contributed by atoms with E-state index >= 15 is 0 Å². The van der Waals surface area contributed by atoms with Gasteiger partial charge in [-0.05, 0) is 25.5 Å². The van der Waals surface area contributed by atoms with Crippen LogP contribution in [0.1, 0.15) is 33.1 Å². The summed E-state index contributed by atoms with van der Waals surface area (Å²) in [5.41, 5.74) is -1.07. The van der Waals surface area contributed by atoms with Gasteiger partial charge < -0.3 is 9.84 Å². The Hall–Kier alpha value is -0.670. The van der Waals surface area contributed by atoms with Crippen LogP contribution >= 0.6 is 0 Å². The maximum Gasteiger partial charge on any atom is 0.161 e. The van der Waals surface area contributed by atoms with E-state index in [-0.39, 0.29) is 18.3 Å². The Labute approximate surface area is 91.1 Å². The van der Waals surface area contributed by atoms with Crippen molar-refractivity contribution < 1.29 is 14.6 Å². The number of aliphatic hydroxyl groups is 1. The molecule has 1 rings (SSSR count). The van der Waals surface area contributed by atoms with Gasteiger partial charge in [-0.3, -0.25) is 4.79 Å². The van der Waals surface area contributed by atoms with Gasteiger partial charge in [0.2, 0.25) is 0 Å². The monoisotopic (exact) mass is 212 g/mol. The zero-order valence-corrected chi connectivity index (χ0v) is 9.53. The number of carbonyl (C=O) groups is 1. The highest BCUT2D eigenvalue weighted by Gasteiger charge is 2.42. The maximum absolute atomic E-state index is 11.6. The summed E-state index contributed by atoms with van der Waals surface area (Å²) >= 11 is 0. The van der Waals surface area contributed by atoms with Crippen LogP contribution < -0.4 is 0 Å². The standard InChI is InChI=1S/C12H20O3/c1-3-5-6-10-11(13)7-8-12(10,14)9-15-4-2/h7-8,10,14H,3-6,9H2,1-2H3/t10-,12+/m1/s1. The van der Waals surface area contributed by atoms with E-state index in [2.05, 4.69) is 6.92 Å². The molecule has 1 N–H and O–H groups in total. The molecule has 1 aliphatic carbocycles. The molecule has 86 valence electrons. The molecule has 0 aromatic carbocycles. The molecular weight excluding hydrogens is 192 g/mol. The average molecular weight is 212 g/mol. The van der Waals surface area contributed by atoms with E-state index < -0.39 is 5.60 Å². The van der Waals surface area contributed by atoms with Gasteiger partial charge in [0.05, 0.1) is 12.5 Å². The quantitative estimate of drug-likeness (QED) is 0.729. The summed E-state index contributed by atoms with van der Waals surface area (Å²) in [6.07, 6.45) is 5.82. The Kier molecular flexibility index (Phi) is 4.48. The van der Waals surface area contributed by atoms with Crippen molar-refractivity contribution in [3.05, 3.63) is 12.2 Å². The number of carbonyl (C=O) groups excluding carboxylic acids is 1. The Bertz CT molecular complexity index is 247. The number of unbranched alkanes of at least 4 members (excludes halogenated alkanes) is 1. The molecule has 0 bridgehead atoms. The average Bonchev–Trinajstić information content (AvgIpc) is 2.50. The zero-order valence-electron chi connectivity index (χ0n) is 9.53. The highest BCUT2D eigenvalue weighted by atomic mass is 16.5. The topological polar surface area (TPSA) is 46.5 Å². The molecule has 0 aliphatic heterocycles. The fourth-order valence-corrected chi connectivity index (χ4v) is 1.92. The summed E-state index contributed by atoms with van der Waals surface area (Å²) in [4.78, 5) is 11.6. The molecule has 0 radical (unpaired) electrons. The molecule has 0 saturated carbocycles. The molecule has 0 fully saturated rings. The Morgan fingerprint density at radius 3 is 2.87 bits per heavy atom. The van der Waals surface area contributed by atoms with Crippen LogP contribution in [0.4, 0.5) is 0 Å². The SMILES string of the molecule is CCCC[C@@H]1C(=O)C=C[C@]1(O)COCC. The third-order valence-electron chi connectivity index (χ3n) is 2.87. The first-order valence-corrected chi connectivity index (χ1v) is 5.67. The molecule has 0 aromatic rings. The smallest absolute Gasteiger partial charge is 0.161 e. The van der Waals surface area contributed by atoms with Crippen LogP contribution in [0.5, 0.6) is 0 Å². The molecule has 0 amide bonds. The van der Waals surface area contributed by atoms with Crippen molar-refractivity contribution in [1.29, 1.82) is 0 Å². The first-order chi connectivity index (χ1) is 7.14. The molecule has 0 spiro atoms. The minimum absolute atomic E-state index is 0.0330. The zero-order chi connectivity index (χ0) is 11.3. The minimum Gasteiger partial charge on any atom is -0.383 e. The molecular formula is C12H20O3. The fourth-order valence-electron chi connectivity index (χ4n) is 1.92. The van der Waals surface area contributed by atoms with Crippen LogP contribution in [0.15, 0.2) is 12.2 Å². The van der Waals surface area contributed by atoms with Crippen LogP contribution in [0.2, 0.25) is 0 Å². The predicted molar refractivity (Wildman–Crippen MR) is 58.6 cm³/mol. The van der Waals surface area contributed by atoms with Crippen LogP contribution in [0, 0.1) is 5.92 Å². The molecule has 0 heterocycles. The second kappa shape index (κ2) is 5.42. The predicted octanol–water partition coefficient (Wildman–Crippen LogP) is 1.70. The summed E-state index contributed by atoms with van der Waals surface area (Å²) in [6, 6.07) is 0. The van der Waals surface area contributed by atoms with Crippen LogP contribution in [0.25, 0.3) is 0 Å². The van der Waals surface area contributed by atoms with Crippen LogP contribution in [0.3, 0.4) is 0 Å². The molecule has 15 heavy (non-hydrogen) atoms. The van der Waals surface area contributed by atoms with Gasteiger partial charge in [-0.25, -0.2) is 0 Å². The van der Waals surface area contributed by atoms with E-state index in [0.29, 0.717) is 6.61 Å². The van der Waals surface area contributed by atoms with Gasteiger partial charge in [0, 0.05) is 6.61 Å². The van der Waals surface area contributed by atoms with Gasteiger partial charge in [-0.15, -0.1) is 0 Å². The largest absolute Gasteiger partial charge is 0.383 e. The minimum atomic E-state index is -1.07. The first kappa shape index (κ1) is 12.4. The number of hydrogen-bond acceptors (Lipinski definition) is 3. The number of allylic oxidation sites excluding steroid dienone is 1. The van der Waals surface area contributed by atoms with Crippen LogP contribution in [-0.4, -0.2) is 29.7 Å². The Balaban J connectivity index is 2.60. The summed E-state index contributed by atoms with van der Waals surface area (Å²) in [5, 5.41) is 10.2. The summed E-state index contributed by atoms with van der Waals surface area (Å²) < 4.78 is 5.23. The second-order valence-corrected chi connectivity index (χ2v) is 4.06. The van der Waals surface area contributed by atoms with E-state index in [4.69, 9.17) is 4.74 Å². The van der Waals surface area contributed by atoms with Crippen molar-refractivity contribution in [1.82, 2.24) is 0 Å². The van der Waals surface area contributed by atoms with E-state index in [9.17, 15) is 9.90 Å². The molecule has 0 saturated heterocycles. The molecule has 1 aliphatic rings. The third kappa shape index (κ3) is 2.89. The number of ketones is 1. The lowest BCUT2D eigenvalue weighted by Gasteiger charge is -2.27. The molecule has 2 atom stereocenters. The van der Waals surface area contributed by atoms with Gasteiger partial charge in [0.25, 0.3) is 0 Å². The maximum atomic E-state index is 11.6. The van der Waals surface area contributed by atoms with E-state index in [1.165, 1.54) is 6.08 Å². The number of ether oxygens (including phenoxy) is 1. The van der Waals surface area contributed by atoms with Gasteiger partial charge in [0.15, 0.2) is 5.78 Å². The van der Waals surface area contributed by atoms with E-state index in [1.54, 1.807) is 6.08 Å². The highest BCUT2D eigenvalue weighted by molar-refractivity contribution is 5.95. The summed E-state index contributed by atoms with van der Waals surface area (Å²) in [6.45, 7) is 4.74. The van der Waals surface area contributed by atoms with Gasteiger partial charge in [-0.2, -0.15) is 0 Å².